The van der Waals surface area contributed by atoms with Gasteiger partial charge in [0, 0.05) is 24.7 Å². The van der Waals surface area contributed by atoms with Crippen molar-refractivity contribution in [3.8, 4) is 5.69 Å². The molecule has 0 amide bonds. The molecule has 2 atom stereocenters. The number of aliphatic imine (C=N–C) groups is 1. The van der Waals surface area contributed by atoms with Crippen LogP contribution in [0.15, 0.2) is 35.3 Å². The zero-order valence-corrected chi connectivity index (χ0v) is 16.6. The van der Waals surface area contributed by atoms with Gasteiger partial charge in [-0.1, -0.05) is 24.6 Å². The van der Waals surface area contributed by atoms with Crippen LogP contribution in [0.4, 0.5) is 0 Å². The summed E-state index contributed by atoms with van der Waals surface area (Å²) < 4.78 is 1.98. The molecule has 1 aliphatic carbocycles. The Kier molecular flexibility index (Phi) is 6.50. The van der Waals surface area contributed by atoms with Crippen molar-refractivity contribution in [3.63, 3.8) is 0 Å². The highest BCUT2D eigenvalue weighted by Gasteiger charge is 2.25. The minimum Gasteiger partial charge on any atom is -0.393 e. The van der Waals surface area contributed by atoms with E-state index in [0.717, 1.165) is 61.0 Å². The number of hydrogen-bond acceptors (Lipinski definition) is 3. The van der Waals surface area contributed by atoms with Crippen LogP contribution in [0.1, 0.15) is 43.1 Å². The van der Waals surface area contributed by atoms with E-state index >= 15 is 0 Å². The van der Waals surface area contributed by atoms with Gasteiger partial charge in [0.25, 0.3) is 0 Å². The number of aliphatic hydroxyl groups is 1. The average Bonchev–Trinajstić information content (AvgIpc) is 3.22. The van der Waals surface area contributed by atoms with E-state index in [4.69, 9.17) is 4.99 Å². The van der Waals surface area contributed by atoms with Gasteiger partial charge in [-0.25, -0.2) is 9.67 Å². The highest BCUT2D eigenvalue weighted by Crippen LogP contribution is 2.24. The highest BCUT2D eigenvalue weighted by atomic mass is 16.3. The molecule has 1 aromatic heterocycles. The molecule has 1 aliphatic rings. The fourth-order valence-corrected chi connectivity index (χ4v) is 3.71. The molecule has 0 bridgehead atoms. The largest absolute Gasteiger partial charge is 0.393 e. The Morgan fingerprint density at radius 1 is 1.26 bits per heavy atom. The molecule has 2 aromatic rings. The summed E-state index contributed by atoms with van der Waals surface area (Å²) in [6.07, 6.45) is 2.91. The third kappa shape index (κ3) is 4.89. The van der Waals surface area contributed by atoms with E-state index in [2.05, 4.69) is 47.8 Å². The first kappa shape index (κ1) is 19.4. The van der Waals surface area contributed by atoms with Gasteiger partial charge in [-0.2, -0.15) is 5.10 Å². The Morgan fingerprint density at radius 2 is 2.07 bits per heavy atom. The lowest BCUT2D eigenvalue weighted by Crippen LogP contribution is -2.41. The van der Waals surface area contributed by atoms with Crippen LogP contribution in [-0.2, 0) is 6.54 Å². The van der Waals surface area contributed by atoms with Crippen LogP contribution in [0.5, 0.6) is 0 Å². The van der Waals surface area contributed by atoms with Crippen LogP contribution in [-0.4, -0.2) is 40.0 Å². The predicted molar refractivity (Wildman–Crippen MR) is 109 cm³/mol. The quantitative estimate of drug-likeness (QED) is 0.541. The number of aliphatic hydroxyl groups excluding tert-OH is 1. The second-order valence-corrected chi connectivity index (χ2v) is 7.30. The van der Waals surface area contributed by atoms with Crippen LogP contribution < -0.4 is 10.6 Å². The maximum Gasteiger partial charge on any atom is 0.191 e. The molecule has 3 N–H and O–H groups in total. The summed E-state index contributed by atoms with van der Waals surface area (Å²) >= 11 is 0. The predicted octanol–water partition coefficient (Wildman–Crippen LogP) is 2.71. The number of aromatic nitrogens is 2. The van der Waals surface area contributed by atoms with Gasteiger partial charge in [-0.05, 0) is 51.3 Å². The Morgan fingerprint density at radius 3 is 2.74 bits per heavy atom. The molecular weight excluding hydrogens is 338 g/mol. The molecule has 0 spiro atoms. The number of benzene rings is 1. The van der Waals surface area contributed by atoms with Crippen LogP contribution in [0.2, 0.25) is 0 Å². The van der Waals surface area contributed by atoms with Crippen molar-refractivity contribution in [3.05, 3.63) is 47.3 Å². The SMILES string of the molecule is CCNC(=NCc1ccccc1-n1nc(C)cc1C)NCC1CCCC1O. The molecule has 1 fully saturated rings. The smallest absolute Gasteiger partial charge is 0.191 e. The van der Waals surface area contributed by atoms with Gasteiger partial charge >= 0.3 is 0 Å². The summed E-state index contributed by atoms with van der Waals surface area (Å²) in [5.74, 6) is 1.11. The molecule has 1 aromatic carbocycles. The average molecular weight is 370 g/mol. The molecular formula is C21H31N5O. The molecule has 0 radical (unpaired) electrons. The monoisotopic (exact) mass is 369 g/mol. The standard InChI is InChI=1S/C21H31N5O/c1-4-22-21(24-14-18-9-7-11-20(18)27)23-13-17-8-5-6-10-19(17)26-16(3)12-15(2)25-26/h5-6,8,10,12,18,20,27H,4,7,9,11,13-14H2,1-3H3,(H2,22,23,24). The first-order valence-corrected chi connectivity index (χ1v) is 9.90. The maximum atomic E-state index is 10.0. The van der Waals surface area contributed by atoms with Crippen LogP contribution >= 0.6 is 0 Å². The molecule has 1 saturated carbocycles. The van der Waals surface area contributed by atoms with Crippen molar-refractivity contribution in [1.82, 2.24) is 20.4 Å². The molecule has 1 heterocycles. The topological polar surface area (TPSA) is 74.5 Å². The van der Waals surface area contributed by atoms with E-state index in [1.165, 1.54) is 0 Å². The number of rotatable bonds is 6. The van der Waals surface area contributed by atoms with Gasteiger partial charge in [0.1, 0.15) is 0 Å². The van der Waals surface area contributed by atoms with E-state index in [9.17, 15) is 5.11 Å². The van der Waals surface area contributed by atoms with E-state index in [0.29, 0.717) is 12.5 Å². The van der Waals surface area contributed by atoms with Gasteiger partial charge < -0.3 is 15.7 Å². The zero-order valence-electron chi connectivity index (χ0n) is 16.6. The summed E-state index contributed by atoms with van der Waals surface area (Å²) in [4.78, 5) is 4.76. The van der Waals surface area contributed by atoms with Crippen molar-refractivity contribution < 1.29 is 5.11 Å². The number of nitrogens with zero attached hydrogens (tertiary/aromatic N) is 3. The molecule has 3 rings (SSSR count). The zero-order chi connectivity index (χ0) is 19.2. The van der Waals surface area contributed by atoms with Crippen molar-refractivity contribution in [2.24, 2.45) is 10.9 Å². The first-order valence-electron chi connectivity index (χ1n) is 9.90. The summed E-state index contributed by atoms with van der Waals surface area (Å²) in [6.45, 7) is 8.26. The molecule has 6 heteroatoms. The Bertz CT molecular complexity index is 783. The molecule has 0 aliphatic heterocycles. The Balaban J connectivity index is 1.73. The van der Waals surface area contributed by atoms with Gasteiger partial charge in [0.05, 0.1) is 24.0 Å². The third-order valence-electron chi connectivity index (χ3n) is 5.13. The summed E-state index contributed by atoms with van der Waals surface area (Å²) in [5.41, 5.74) is 4.32. The molecule has 2 unspecified atom stereocenters. The third-order valence-corrected chi connectivity index (χ3v) is 5.13. The van der Waals surface area contributed by atoms with E-state index in [-0.39, 0.29) is 6.10 Å². The van der Waals surface area contributed by atoms with Crippen molar-refractivity contribution in [1.29, 1.82) is 0 Å². The summed E-state index contributed by atoms with van der Waals surface area (Å²) in [5, 5.41) is 21.3. The minimum atomic E-state index is -0.188. The molecule has 27 heavy (non-hydrogen) atoms. The normalized spacial score (nSPS) is 20.1. The lowest BCUT2D eigenvalue weighted by atomic mass is 10.1. The highest BCUT2D eigenvalue weighted by molar-refractivity contribution is 5.79. The second-order valence-electron chi connectivity index (χ2n) is 7.30. The van der Waals surface area contributed by atoms with Gasteiger partial charge in [0.2, 0.25) is 0 Å². The lowest BCUT2D eigenvalue weighted by molar-refractivity contribution is 0.134. The maximum absolute atomic E-state index is 10.0. The number of nitrogens with one attached hydrogen (secondary N) is 2. The van der Waals surface area contributed by atoms with Gasteiger partial charge in [0.15, 0.2) is 5.96 Å². The van der Waals surface area contributed by atoms with E-state index in [1.807, 2.05) is 23.7 Å². The van der Waals surface area contributed by atoms with E-state index in [1.54, 1.807) is 0 Å². The molecule has 6 nitrogen and oxygen atoms in total. The van der Waals surface area contributed by atoms with Crippen molar-refractivity contribution in [2.45, 2.75) is 52.7 Å². The van der Waals surface area contributed by atoms with E-state index < -0.39 is 0 Å². The van der Waals surface area contributed by atoms with Crippen LogP contribution in [0.25, 0.3) is 5.69 Å². The Hall–Kier alpha value is -2.34. The van der Waals surface area contributed by atoms with Crippen molar-refractivity contribution >= 4 is 5.96 Å². The van der Waals surface area contributed by atoms with Crippen LogP contribution in [0.3, 0.4) is 0 Å². The first-order chi connectivity index (χ1) is 13.1. The number of guanidine groups is 1. The summed E-state index contributed by atoms with van der Waals surface area (Å²) in [6, 6.07) is 10.3. The number of para-hydroxylation sites is 1. The number of aryl methyl sites for hydroxylation is 2. The Labute approximate surface area is 161 Å². The van der Waals surface area contributed by atoms with Gasteiger partial charge in [-0.3, -0.25) is 0 Å². The molecule has 0 saturated heterocycles. The fraction of sp³-hybridized carbons (Fsp3) is 0.524. The lowest BCUT2D eigenvalue weighted by Gasteiger charge is -2.18. The molecule has 146 valence electrons. The number of hydrogen-bond donors (Lipinski definition) is 3. The summed E-state index contributed by atoms with van der Waals surface area (Å²) in [7, 11) is 0. The van der Waals surface area contributed by atoms with Crippen molar-refractivity contribution in [2.75, 3.05) is 13.1 Å². The van der Waals surface area contributed by atoms with Gasteiger partial charge in [-0.15, -0.1) is 0 Å². The second kappa shape index (κ2) is 9.04. The fourth-order valence-electron chi connectivity index (χ4n) is 3.71. The minimum absolute atomic E-state index is 0.188. The van der Waals surface area contributed by atoms with Crippen LogP contribution in [0, 0.1) is 19.8 Å².